The van der Waals surface area contributed by atoms with Crippen LogP contribution in [0.4, 0.5) is 5.82 Å². The van der Waals surface area contributed by atoms with Gasteiger partial charge in [-0.25, -0.2) is 9.97 Å². The SMILES string of the molecule is CCCNCC(COCc1ccccc1)Nc1nc(-c2ccccc2)nc(C)c1C. The molecular formula is C25H32N4O. The van der Waals surface area contributed by atoms with Crippen molar-refractivity contribution in [3.63, 3.8) is 0 Å². The Morgan fingerprint density at radius 1 is 0.933 bits per heavy atom. The van der Waals surface area contributed by atoms with Crippen molar-refractivity contribution in [3.05, 3.63) is 77.5 Å². The van der Waals surface area contributed by atoms with Gasteiger partial charge in [-0.15, -0.1) is 0 Å². The summed E-state index contributed by atoms with van der Waals surface area (Å²) < 4.78 is 6.02. The molecule has 0 aliphatic carbocycles. The number of aryl methyl sites for hydroxylation is 1. The summed E-state index contributed by atoms with van der Waals surface area (Å²) in [5.74, 6) is 1.61. The lowest BCUT2D eigenvalue weighted by atomic mass is 10.1. The van der Waals surface area contributed by atoms with Crippen molar-refractivity contribution in [2.45, 2.75) is 39.8 Å². The van der Waals surface area contributed by atoms with E-state index in [9.17, 15) is 0 Å². The predicted molar refractivity (Wildman–Crippen MR) is 124 cm³/mol. The third-order valence-electron chi connectivity index (χ3n) is 5.01. The van der Waals surface area contributed by atoms with Crippen LogP contribution >= 0.6 is 0 Å². The Bertz CT molecular complexity index is 900. The molecule has 0 amide bonds. The van der Waals surface area contributed by atoms with Crippen LogP contribution in [0.2, 0.25) is 0 Å². The first-order valence-electron chi connectivity index (χ1n) is 10.7. The molecule has 3 rings (SSSR count). The lowest BCUT2D eigenvalue weighted by Gasteiger charge is -2.22. The second-order valence-electron chi connectivity index (χ2n) is 7.52. The van der Waals surface area contributed by atoms with Gasteiger partial charge >= 0.3 is 0 Å². The largest absolute Gasteiger partial charge is 0.375 e. The van der Waals surface area contributed by atoms with Crippen molar-refractivity contribution in [1.29, 1.82) is 0 Å². The Morgan fingerprint density at radius 3 is 2.33 bits per heavy atom. The van der Waals surface area contributed by atoms with Gasteiger partial charge < -0.3 is 15.4 Å². The number of benzene rings is 2. The van der Waals surface area contributed by atoms with E-state index >= 15 is 0 Å². The maximum atomic E-state index is 6.02. The summed E-state index contributed by atoms with van der Waals surface area (Å²) in [6.45, 7) is 9.25. The van der Waals surface area contributed by atoms with Gasteiger partial charge in [0, 0.05) is 23.4 Å². The Hall–Kier alpha value is -2.76. The topological polar surface area (TPSA) is 59.1 Å². The highest BCUT2D eigenvalue weighted by molar-refractivity contribution is 5.59. The zero-order valence-corrected chi connectivity index (χ0v) is 18.2. The highest BCUT2D eigenvalue weighted by atomic mass is 16.5. The smallest absolute Gasteiger partial charge is 0.161 e. The van der Waals surface area contributed by atoms with Gasteiger partial charge in [0.25, 0.3) is 0 Å². The molecule has 0 fully saturated rings. The molecule has 0 radical (unpaired) electrons. The molecule has 0 saturated heterocycles. The molecule has 0 aliphatic rings. The molecule has 0 saturated carbocycles. The first kappa shape index (κ1) is 21.9. The monoisotopic (exact) mass is 404 g/mol. The van der Waals surface area contributed by atoms with Crippen molar-refractivity contribution in [1.82, 2.24) is 15.3 Å². The van der Waals surface area contributed by atoms with Crippen LogP contribution in [-0.2, 0) is 11.3 Å². The van der Waals surface area contributed by atoms with Gasteiger partial charge in [-0.2, -0.15) is 0 Å². The van der Waals surface area contributed by atoms with E-state index in [2.05, 4.69) is 36.6 Å². The van der Waals surface area contributed by atoms with Crippen LogP contribution in [0.15, 0.2) is 60.7 Å². The maximum absolute atomic E-state index is 6.02. The first-order valence-corrected chi connectivity index (χ1v) is 10.7. The molecule has 1 aromatic heterocycles. The van der Waals surface area contributed by atoms with E-state index in [0.717, 1.165) is 48.0 Å². The van der Waals surface area contributed by atoms with Crippen LogP contribution in [0.3, 0.4) is 0 Å². The van der Waals surface area contributed by atoms with Crippen LogP contribution in [0, 0.1) is 13.8 Å². The maximum Gasteiger partial charge on any atom is 0.161 e. The Morgan fingerprint density at radius 2 is 1.63 bits per heavy atom. The zero-order valence-electron chi connectivity index (χ0n) is 18.2. The molecule has 2 N–H and O–H groups in total. The van der Waals surface area contributed by atoms with Crippen molar-refractivity contribution in [2.75, 3.05) is 25.0 Å². The molecule has 0 aliphatic heterocycles. The number of ether oxygens (including phenoxy) is 1. The first-order chi connectivity index (χ1) is 14.7. The van der Waals surface area contributed by atoms with Gasteiger partial charge in [-0.05, 0) is 32.4 Å². The van der Waals surface area contributed by atoms with Crippen LogP contribution < -0.4 is 10.6 Å². The number of aromatic nitrogens is 2. The summed E-state index contributed by atoms with van der Waals surface area (Å²) in [5.41, 5.74) is 4.25. The van der Waals surface area contributed by atoms with E-state index in [-0.39, 0.29) is 6.04 Å². The van der Waals surface area contributed by atoms with Crippen molar-refractivity contribution >= 4 is 5.82 Å². The van der Waals surface area contributed by atoms with Crippen LogP contribution in [0.1, 0.15) is 30.2 Å². The number of hydrogen-bond donors (Lipinski definition) is 2. The Kier molecular flexibility index (Phi) is 8.36. The number of hydrogen-bond acceptors (Lipinski definition) is 5. The number of nitrogens with zero attached hydrogens (tertiary/aromatic N) is 2. The van der Waals surface area contributed by atoms with E-state index < -0.39 is 0 Å². The molecule has 5 nitrogen and oxygen atoms in total. The van der Waals surface area contributed by atoms with Crippen molar-refractivity contribution in [3.8, 4) is 11.4 Å². The average Bonchev–Trinajstić information content (AvgIpc) is 2.78. The zero-order chi connectivity index (χ0) is 21.2. The summed E-state index contributed by atoms with van der Waals surface area (Å²) in [7, 11) is 0. The molecule has 5 heteroatoms. The summed E-state index contributed by atoms with van der Waals surface area (Å²) in [5, 5.41) is 7.10. The minimum atomic E-state index is 0.108. The molecule has 30 heavy (non-hydrogen) atoms. The minimum absolute atomic E-state index is 0.108. The highest BCUT2D eigenvalue weighted by Gasteiger charge is 2.15. The lowest BCUT2D eigenvalue weighted by Crippen LogP contribution is -2.37. The standard InChI is InChI=1S/C25H32N4O/c1-4-15-26-16-23(18-30-17-21-11-7-5-8-12-21)28-24-19(2)20(3)27-25(29-24)22-13-9-6-10-14-22/h5-14,23,26H,4,15-18H2,1-3H3,(H,27,28,29). The fourth-order valence-corrected chi connectivity index (χ4v) is 3.18. The molecule has 2 aromatic carbocycles. The van der Waals surface area contributed by atoms with Gasteiger partial charge in [0.15, 0.2) is 5.82 Å². The molecule has 1 atom stereocenters. The normalized spacial score (nSPS) is 12.0. The highest BCUT2D eigenvalue weighted by Crippen LogP contribution is 2.22. The van der Waals surface area contributed by atoms with E-state index in [0.29, 0.717) is 13.2 Å². The van der Waals surface area contributed by atoms with Crippen molar-refractivity contribution < 1.29 is 4.74 Å². The second-order valence-corrected chi connectivity index (χ2v) is 7.52. The molecular weight excluding hydrogens is 372 g/mol. The van der Waals surface area contributed by atoms with E-state index in [1.807, 2.05) is 55.5 Å². The quantitative estimate of drug-likeness (QED) is 0.451. The van der Waals surface area contributed by atoms with Gasteiger partial charge in [0.2, 0.25) is 0 Å². The Labute approximate surface area is 179 Å². The molecule has 158 valence electrons. The second kappa shape index (κ2) is 11.4. The van der Waals surface area contributed by atoms with E-state index in [4.69, 9.17) is 14.7 Å². The average molecular weight is 405 g/mol. The number of anilines is 1. The van der Waals surface area contributed by atoms with E-state index in [1.54, 1.807) is 0 Å². The number of rotatable bonds is 11. The molecule has 1 unspecified atom stereocenters. The molecule has 1 heterocycles. The minimum Gasteiger partial charge on any atom is -0.375 e. The van der Waals surface area contributed by atoms with E-state index in [1.165, 1.54) is 5.56 Å². The third-order valence-corrected chi connectivity index (χ3v) is 5.01. The summed E-state index contributed by atoms with van der Waals surface area (Å²) >= 11 is 0. The molecule has 0 bridgehead atoms. The van der Waals surface area contributed by atoms with Crippen LogP contribution in [-0.4, -0.2) is 35.7 Å². The predicted octanol–water partition coefficient (Wildman–Crippen LogP) is 4.76. The fourth-order valence-electron chi connectivity index (χ4n) is 3.18. The fraction of sp³-hybridized carbons (Fsp3) is 0.360. The third kappa shape index (κ3) is 6.37. The lowest BCUT2D eigenvalue weighted by molar-refractivity contribution is 0.111. The van der Waals surface area contributed by atoms with Crippen molar-refractivity contribution in [2.24, 2.45) is 0 Å². The summed E-state index contributed by atoms with van der Waals surface area (Å²) in [6.07, 6.45) is 1.10. The van der Waals surface area contributed by atoms with Gasteiger partial charge in [-0.3, -0.25) is 0 Å². The van der Waals surface area contributed by atoms with Crippen LogP contribution in [0.25, 0.3) is 11.4 Å². The summed E-state index contributed by atoms with van der Waals surface area (Å²) in [6, 6.07) is 20.5. The summed E-state index contributed by atoms with van der Waals surface area (Å²) in [4.78, 5) is 9.52. The Balaban J connectivity index is 1.72. The van der Waals surface area contributed by atoms with Gasteiger partial charge in [-0.1, -0.05) is 67.6 Å². The molecule has 0 spiro atoms. The number of nitrogens with one attached hydrogen (secondary N) is 2. The van der Waals surface area contributed by atoms with Crippen LogP contribution in [0.5, 0.6) is 0 Å². The molecule has 3 aromatic rings. The van der Waals surface area contributed by atoms with Gasteiger partial charge in [0.1, 0.15) is 5.82 Å². The van der Waals surface area contributed by atoms with Gasteiger partial charge in [0.05, 0.1) is 19.3 Å².